The van der Waals surface area contributed by atoms with Gasteiger partial charge in [-0.1, -0.05) is 6.08 Å². The zero-order chi connectivity index (χ0) is 10.9. The summed E-state index contributed by atoms with van der Waals surface area (Å²) in [6, 6.07) is 0. The van der Waals surface area contributed by atoms with Crippen LogP contribution in [0.4, 0.5) is 11.6 Å². The van der Waals surface area contributed by atoms with Gasteiger partial charge in [0.1, 0.15) is 0 Å². The van der Waals surface area contributed by atoms with Crippen LogP contribution in [0.3, 0.4) is 0 Å². The Balaban J connectivity index is 2.15. The largest absolute Gasteiger partial charge is 0.381 e. The number of nitrogens with one attached hydrogen (secondary N) is 1. The second-order valence-electron chi connectivity index (χ2n) is 2.91. The fourth-order valence-electron chi connectivity index (χ4n) is 0.995. The second kappa shape index (κ2) is 6.78. The maximum Gasteiger partial charge on any atom is 0.169 e. The van der Waals surface area contributed by atoms with E-state index in [4.69, 9.17) is 10.5 Å². The van der Waals surface area contributed by atoms with Crippen molar-refractivity contribution in [3.63, 3.8) is 0 Å². The minimum atomic E-state index is 0.406. The van der Waals surface area contributed by atoms with Crippen LogP contribution in [0, 0.1) is 0 Å². The van der Waals surface area contributed by atoms with E-state index in [1.807, 2.05) is 6.08 Å². The number of hydrogen-bond donors (Lipinski definition) is 2. The van der Waals surface area contributed by atoms with Gasteiger partial charge in [-0.05, 0) is 6.42 Å². The van der Waals surface area contributed by atoms with E-state index >= 15 is 0 Å². The van der Waals surface area contributed by atoms with Gasteiger partial charge in [0.25, 0.3) is 0 Å². The molecule has 15 heavy (non-hydrogen) atoms. The zero-order valence-corrected chi connectivity index (χ0v) is 8.65. The van der Waals surface area contributed by atoms with E-state index in [2.05, 4.69) is 21.9 Å². The van der Waals surface area contributed by atoms with E-state index < -0.39 is 0 Å². The molecule has 0 saturated carbocycles. The SMILES string of the molecule is C=CCCOCCNc1nccnc1N. The van der Waals surface area contributed by atoms with Gasteiger partial charge < -0.3 is 15.8 Å². The predicted octanol–water partition coefficient (Wildman–Crippen LogP) is 1.06. The summed E-state index contributed by atoms with van der Waals surface area (Å²) in [6.07, 6.45) is 5.85. The lowest BCUT2D eigenvalue weighted by atomic mass is 10.4. The minimum Gasteiger partial charge on any atom is -0.381 e. The molecule has 0 amide bonds. The molecule has 0 unspecified atom stereocenters. The second-order valence-corrected chi connectivity index (χ2v) is 2.91. The van der Waals surface area contributed by atoms with Crippen LogP contribution in [0.2, 0.25) is 0 Å². The molecule has 0 aliphatic heterocycles. The molecule has 82 valence electrons. The summed E-state index contributed by atoms with van der Waals surface area (Å²) in [4.78, 5) is 7.95. The Labute approximate surface area is 89.4 Å². The Kier molecular flexibility index (Phi) is 5.18. The third-order valence-corrected chi connectivity index (χ3v) is 1.73. The molecular weight excluding hydrogens is 192 g/mol. The van der Waals surface area contributed by atoms with E-state index in [1.165, 1.54) is 0 Å². The van der Waals surface area contributed by atoms with E-state index in [0.29, 0.717) is 31.4 Å². The van der Waals surface area contributed by atoms with E-state index in [0.717, 1.165) is 6.42 Å². The maximum atomic E-state index is 5.59. The van der Waals surface area contributed by atoms with Gasteiger partial charge in [0.15, 0.2) is 11.6 Å². The highest BCUT2D eigenvalue weighted by Gasteiger charge is 1.98. The zero-order valence-electron chi connectivity index (χ0n) is 8.65. The van der Waals surface area contributed by atoms with Gasteiger partial charge in [0, 0.05) is 18.9 Å². The molecule has 0 aliphatic carbocycles. The van der Waals surface area contributed by atoms with Crippen molar-refractivity contribution in [3.05, 3.63) is 25.0 Å². The lowest BCUT2D eigenvalue weighted by molar-refractivity contribution is 0.149. The number of nitrogens with zero attached hydrogens (tertiary/aromatic N) is 2. The average molecular weight is 208 g/mol. The first-order chi connectivity index (χ1) is 7.34. The summed E-state index contributed by atoms with van der Waals surface area (Å²) < 4.78 is 5.31. The van der Waals surface area contributed by atoms with Crippen molar-refractivity contribution in [3.8, 4) is 0 Å². The highest BCUT2D eigenvalue weighted by molar-refractivity contribution is 5.54. The summed E-state index contributed by atoms with van der Waals surface area (Å²) in [5.74, 6) is 1.01. The summed E-state index contributed by atoms with van der Waals surface area (Å²) in [7, 11) is 0. The number of hydrogen-bond acceptors (Lipinski definition) is 5. The van der Waals surface area contributed by atoms with Gasteiger partial charge in [0.2, 0.25) is 0 Å². The van der Waals surface area contributed by atoms with Crippen molar-refractivity contribution >= 4 is 11.6 Å². The fourth-order valence-corrected chi connectivity index (χ4v) is 0.995. The maximum absolute atomic E-state index is 5.59. The molecule has 5 heteroatoms. The van der Waals surface area contributed by atoms with Gasteiger partial charge in [-0.3, -0.25) is 0 Å². The highest BCUT2D eigenvalue weighted by atomic mass is 16.5. The van der Waals surface area contributed by atoms with E-state index in [-0.39, 0.29) is 0 Å². The topological polar surface area (TPSA) is 73.1 Å². The number of nitrogens with two attached hydrogens (primary N) is 1. The molecular formula is C10H16N4O. The number of nitrogen functional groups attached to an aromatic ring is 1. The van der Waals surface area contributed by atoms with Crippen LogP contribution in [0.15, 0.2) is 25.0 Å². The van der Waals surface area contributed by atoms with Crippen molar-refractivity contribution in [2.24, 2.45) is 0 Å². The Bertz CT molecular complexity index is 303. The van der Waals surface area contributed by atoms with E-state index in [1.54, 1.807) is 12.4 Å². The molecule has 0 saturated heterocycles. The van der Waals surface area contributed by atoms with Gasteiger partial charge in [-0.2, -0.15) is 0 Å². The smallest absolute Gasteiger partial charge is 0.169 e. The number of anilines is 2. The molecule has 0 spiro atoms. The quantitative estimate of drug-likeness (QED) is 0.518. The third-order valence-electron chi connectivity index (χ3n) is 1.73. The Morgan fingerprint density at radius 2 is 2.20 bits per heavy atom. The van der Waals surface area contributed by atoms with E-state index in [9.17, 15) is 0 Å². The molecule has 0 atom stereocenters. The number of rotatable bonds is 7. The molecule has 1 aromatic heterocycles. The highest BCUT2D eigenvalue weighted by Crippen LogP contribution is 2.08. The lowest BCUT2D eigenvalue weighted by Crippen LogP contribution is -2.12. The first kappa shape index (κ1) is 11.5. The van der Waals surface area contributed by atoms with Crippen molar-refractivity contribution in [2.75, 3.05) is 30.8 Å². The van der Waals surface area contributed by atoms with Crippen LogP contribution in [-0.4, -0.2) is 29.7 Å². The Morgan fingerprint density at radius 1 is 1.40 bits per heavy atom. The Hall–Kier alpha value is -1.62. The van der Waals surface area contributed by atoms with Gasteiger partial charge in [-0.25, -0.2) is 9.97 Å². The van der Waals surface area contributed by atoms with Crippen LogP contribution in [0.5, 0.6) is 0 Å². The third kappa shape index (κ3) is 4.42. The van der Waals surface area contributed by atoms with Crippen LogP contribution in [0.25, 0.3) is 0 Å². The standard InChI is InChI=1S/C10H16N4O/c1-2-3-7-15-8-6-14-10-9(11)12-4-5-13-10/h2,4-5H,1,3,6-8H2,(H2,11,12)(H,13,14). The van der Waals surface area contributed by atoms with Crippen LogP contribution < -0.4 is 11.1 Å². The number of aromatic nitrogens is 2. The van der Waals surface area contributed by atoms with Crippen molar-refractivity contribution in [2.45, 2.75) is 6.42 Å². The van der Waals surface area contributed by atoms with Crippen molar-refractivity contribution in [1.82, 2.24) is 9.97 Å². The normalized spacial score (nSPS) is 9.87. The van der Waals surface area contributed by atoms with Gasteiger partial charge in [-0.15, -0.1) is 6.58 Å². The molecule has 0 fully saturated rings. The molecule has 0 aliphatic rings. The molecule has 5 nitrogen and oxygen atoms in total. The first-order valence-electron chi connectivity index (χ1n) is 4.83. The summed E-state index contributed by atoms with van der Waals surface area (Å²) >= 11 is 0. The molecule has 1 aromatic rings. The Morgan fingerprint density at radius 3 is 2.93 bits per heavy atom. The van der Waals surface area contributed by atoms with Crippen molar-refractivity contribution in [1.29, 1.82) is 0 Å². The summed E-state index contributed by atoms with van der Waals surface area (Å²) in [6.45, 7) is 5.58. The molecule has 0 aromatic carbocycles. The van der Waals surface area contributed by atoms with Crippen LogP contribution >= 0.6 is 0 Å². The van der Waals surface area contributed by atoms with Crippen LogP contribution in [-0.2, 0) is 4.74 Å². The predicted molar refractivity (Wildman–Crippen MR) is 60.6 cm³/mol. The van der Waals surface area contributed by atoms with Gasteiger partial charge >= 0.3 is 0 Å². The first-order valence-corrected chi connectivity index (χ1v) is 4.83. The molecule has 0 bridgehead atoms. The summed E-state index contributed by atoms with van der Waals surface area (Å²) in [5, 5.41) is 3.04. The summed E-state index contributed by atoms with van der Waals surface area (Å²) in [5.41, 5.74) is 5.59. The van der Waals surface area contributed by atoms with Crippen molar-refractivity contribution < 1.29 is 4.74 Å². The number of ether oxygens (including phenoxy) is 1. The minimum absolute atomic E-state index is 0.406. The average Bonchev–Trinajstić information content (AvgIpc) is 2.25. The van der Waals surface area contributed by atoms with Gasteiger partial charge in [0.05, 0.1) is 13.2 Å². The monoisotopic (exact) mass is 208 g/mol. The lowest BCUT2D eigenvalue weighted by Gasteiger charge is -2.06. The molecule has 3 N–H and O–H groups in total. The molecule has 1 rings (SSSR count). The molecule has 1 heterocycles. The van der Waals surface area contributed by atoms with Crippen LogP contribution in [0.1, 0.15) is 6.42 Å². The fraction of sp³-hybridized carbons (Fsp3) is 0.400. The molecule has 0 radical (unpaired) electrons.